The standard InChI is InChI=1S/C12H22O/c1-5-10-9(4)6-7-11(8(2)3)12(10)13/h8-11H,5-7H2,1-4H3. The van der Waals surface area contributed by atoms with Crippen LogP contribution in [-0.2, 0) is 4.79 Å². The Morgan fingerprint density at radius 3 is 2.46 bits per heavy atom. The highest BCUT2D eigenvalue weighted by atomic mass is 16.1. The second-order valence-corrected chi connectivity index (χ2v) is 4.82. The van der Waals surface area contributed by atoms with Gasteiger partial charge in [-0.25, -0.2) is 0 Å². The van der Waals surface area contributed by atoms with Crippen LogP contribution >= 0.6 is 0 Å². The van der Waals surface area contributed by atoms with Crippen molar-refractivity contribution in [2.45, 2.75) is 47.0 Å². The molecule has 0 spiro atoms. The van der Waals surface area contributed by atoms with E-state index in [-0.39, 0.29) is 0 Å². The molecule has 0 amide bonds. The molecule has 0 N–H and O–H groups in total. The van der Waals surface area contributed by atoms with Crippen molar-refractivity contribution in [3.8, 4) is 0 Å². The number of ketones is 1. The maximum atomic E-state index is 12.0. The fourth-order valence-electron chi connectivity index (χ4n) is 2.61. The van der Waals surface area contributed by atoms with E-state index in [1.165, 1.54) is 6.42 Å². The Bertz CT molecular complexity index is 180. The quantitative estimate of drug-likeness (QED) is 0.640. The van der Waals surface area contributed by atoms with Crippen LogP contribution in [0.2, 0.25) is 0 Å². The largest absolute Gasteiger partial charge is 0.299 e. The zero-order chi connectivity index (χ0) is 10.0. The topological polar surface area (TPSA) is 17.1 Å². The molecule has 0 aliphatic heterocycles. The predicted octanol–water partition coefficient (Wildman–Crippen LogP) is 3.28. The minimum absolute atomic E-state index is 0.348. The zero-order valence-electron chi connectivity index (χ0n) is 9.34. The van der Waals surface area contributed by atoms with Gasteiger partial charge in [-0.3, -0.25) is 4.79 Å². The molecular formula is C12H22O. The average Bonchev–Trinajstić information content (AvgIpc) is 2.04. The second-order valence-electron chi connectivity index (χ2n) is 4.82. The van der Waals surface area contributed by atoms with Crippen molar-refractivity contribution in [2.24, 2.45) is 23.7 Å². The molecule has 1 heteroatoms. The van der Waals surface area contributed by atoms with Gasteiger partial charge in [0.25, 0.3) is 0 Å². The highest BCUT2D eigenvalue weighted by Crippen LogP contribution is 2.35. The molecule has 1 aliphatic rings. The van der Waals surface area contributed by atoms with Crippen LogP contribution in [-0.4, -0.2) is 5.78 Å². The van der Waals surface area contributed by atoms with Crippen molar-refractivity contribution >= 4 is 5.78 Å². The lowest BCUT2D eigenvalue weighted by Crippen LogP contribution is -2.35. The summed E-state index contributed by atoms with van der Waals surface area (Å²) < 4.78 is 0. The Morgan fingerprint density at radius 1 is 1.38 bits per heavy atom. The summed E-state index contributed by atoms with van der Waals surface area (Å²) in [7, 11) is 0. The SMILES string of the molecule is CCC1C(=O)C(C(C)C)CCC1C. The van der Waals surface area contributed by atoms with Gasteiger partial charge in [-0.05, 0) is 31.1 Å². The molecule has 0 aromatic carbocycles. The van der Waals surface area contributed by atoms with Crippen LogP contribution in [0.5, 0.6) is 0 Å². The molecule has 1 saturated carbocycles. The Hall–Kier alpha value is -0.330. The minimum Gasteiger partial charge on any atom is -0.299 e. The van der Waals surface area contributed by atoms with E-state index in [1.807, 2.05) is 0 Å². The highest BCUT2D eigenvalue weighted by Gasteiger charge is 2.35. The van der Waals surface area contributed by atoms with E-state index >= 15 is 0 Å². The Morgan fingerprint density at radius 2 is 2.00 bits per heavy atom. The lowest BCUT2D eigenvalue weighted by atomic mass is 9.69. The number of hydrogen-bond donors (Lipinski definition) is 0. The van der Waals surface area contributed by atoms with Crippen molar-refractivity contribution in [3.05, 3.63) is 0 Å². The summed E-state index contributed by atoms with van der Waals surface area (Å²) in [5.74, 6) is 2.39. The van der Waals surface area contributed by atoms with Gasteiger partial charge in [0.05, 0.1) is 0 Å². The fourth-order valence-corrected chi connectivity index (χ4v) is 2.61. The van der Waals surface area contributed by atoms with Gasteiger partial charge < -0.3 is 0 Å². The third kappa shape index (κ3) is 2.12. The highest BCUT2D eigenvalue weighted by molar-refractivity contribution is 5.84. The van der Waals surface area contributed by atoms with E-state index in [9.17, 15) is 4.79 Å². The van der Waals surface area contributed by atoms with Gasteiger partial charge in [-0.1, -0.05) is 27.7 Å². The predicted molar refractivity (Wildman–Crippen MR) is 55.5 cm³/mol. The lowest BCUT2D eigenvalue weighted by Gasteiger charge is -2.34. The molecular weight excluding hydrogens is 160 g/mol. The van der Waals surface area contributed by atoms with Gasteiger partial charge in [0.2, 0.25) is 0 Å². The Balaban J connectivity index is 2.69. The molecule has 1 fully saturated rings. The zero-order valence-corrected chi connectivity index (χ0v) is 9.34. The van der Waals surface area contributed by atoms with Crippen LogP contribution in [0.25, 0.3) is 0 Å². The van der Waals surface area contributed by atoms with E-state index in [4.69, 9.17) is 0 Å². The first-order valence-electron chi connectivity index (χ1n) is 5.61. The molecule has 3 atom stereocenters. The van der Waals surface area contributed by atoms with Crippen molar-refractivity contribution < 1.29 is 4.79 Å². The van der Waals surface area contributed by atoms with E-state index in [0.717, 1.165) is 12.8 Å². The maximum absolute atomic E-state index is 12.0. The number of hydrogen-bond acceptors (Lipinski definition) is 1. The third-order valence-corrected chi connectivity index (χ3v) is 3.60. The fraction of sp³-hybridized carbons (Fsp3) is 0.917. The van der Waals surface area contributed by atoms with Crippen molar-refractivity contribution in [3.63, 3.8) is 0 Å². The monoisotopic (exact) mass is 182 g/mol. The molecule has 0 aromatic heterocycles. The first-order chi connectivity index (χ1) is 6.07. The number of rotatable bonds is 2. The molecule has 0 heterocycles. The summed E-state index contributed by atoms with van der Waals surface area (Å²) in [6.07, 6.45) is 3.39. The molecule has 0 saturated heterocycles. The van der Waals surface area contributed by atoms with Crippen molar-refractivity contribution in [2.75, 3.05) is 0 Å². The second kappa shape index (κ2) is 4.26. The smallest absolute Gasteiger partial charge is 0.139 e. The van der Waals surface area contributed by atoms with E-state index < -0.39 is 0 Å². The van der Waals surface area contributed by atoms with Gasteiger partial charge in [-0.15, -0.1) is 0 Å². The van der Waals surface area contributed by atoms with Crippen LogP contribution in [0, 0.1) is 23.7 Å². The molecule has 13 heavy (non-hydrogen) atoms. The molecule has 1 rings (SSSR count). The van der Waals surface area contributed by atoms with Gasteiger partial charge in [0.1, 0.15) is 5.78 Å². The van der Waals surface area contributed by atoms with Crippen LogP contribution in [0.3, 0.4) is 0 Å². The molecule has 3 unspecified atom stereocenters. The van der Waals surface area contributed by atoms with Crippen LogP contribution in [0.15, 0.2) is 0 Å². The van der Waals surface area contributed by atoms with E-state index in [0.29, 0.717) is 29.5 Å². The number of Topliss-reactive ketones (excluding diaryl/α,β-unsaturated/α-hetero) is 1. The Kier molecular flexibility index (Phi) is 3.52. The molecule has 76 valence electrons. The Labute approximate surface area is 81.9 Å². The van der Waals surface area contributed by atoms with Gasteiger partial charge >= 0.3 is 0 Å². The molecule has 0 bridgehead atoms. The average molecular weight is 182 g/mol. The summed E-state index contributed by atoms with van der Waals surface area (Å²) in [5, 5.41) is 0. The third-order valence-electron chi connectivity index (χ3n) is 3.60. The molecule has 0 radical (unpaired) electrons. The van der Waals surface area contributed by atoms with Crippen molar-refractivity contribution in [1.29, 1.82) is 0 Å². The summed E-state index contributed by atoms with van der Waals surface area (Å²) in [6.45, 7) is 8.71. The first kappa shape index (κ1) is 10.7. The molecule has 1 aliphatic carbocycles. The van der Waals surface area contributed by atoms with Crippen LogP contribution in [0.1, 0.15) is 47.0 Å². The summed E-state index contributed by atoms with van der Waals surface area (Å²) in [4.78, 5) is 12.0. The van der Waals surface area contributed by atoms with Crippen LogP contribution in [0.4, 0.5) is 0 Å². The summed E-state index contributed by atoms with van der Waals surface area (Å²) in [6, 6.07) is 0. The van der Waals surface area contributed by atoms with E-state index in [2.05, 4.69) is 27.7 Å². The summed E-state index contributed by atoms with van der Waals surface area (Å²) >= 11 is 0. The minimum atomic E-state index is 0.348. The van der Waals surface area contributed by atoms with Gasteiger partial charge in [-0.2, -0.15) is 0 Å². The van der Waals surface area contributed by atoms with Crippen molar-refractivity contribution in [1.82, 2.24) is 0 Å². The number of carbonyl (C=O) groups is 1. The van der Waals surface area contributed by atoms with Crippen LogP contribution < -0.4 is 0 Å². The molecule has 1 nitrogen and oxygen atoms in total. The molecule has 0 aromatic rings. The van der Waals surface area contributed by atoms with Gasteiger partial charge in [0.15, 0.2) is 0 Å². The summed E-state index contributed by atoms with van der Waals surface area (Å²) in [5.41, 5.74) is 0. The maximum Gasteiger partial charge on any atom is 0.139 e. The normalized spacial score (nSPS) is 35.5. The van der Waals surface area contributed by atoms with Gasteiger partial charge in [0, 0.05) is 11.8 Å². The van der Waals surface area contributed by atoms with E-state index in [1.54, 1.807) is 0 Å². The lowest BCUT2D eigenvalue weighted by molar-refractivity contribution is -0.132. The first-order valence-corrected chi connectivity index (χ1v) is 5.61. The number of carbonyl (C=O) groups excluding carboxylic acids is 1.